The molecule has 1 aromatic rings. The molecule has 0 spiro atoms. The molecule has 1 aliphatic carbocycles. The Labute approximate surface area is 125 Å². The molecule has 0 saturated heterocycles. The zero-order chi connectivity index (χ0) is 15.2. The molecular formula is C17H21NO3. The molecule has 21 heavy (non-hydrogen) atoms. The molecular weight excluding hydrogens is 266 g/mol. The first kappa shape index (κ1) is 15.6. The lowest BCUT2D eigenvalue weighted by molar-refractivity contribution is 0.0265. The van der Waals surface area contributed by atoms with Gasteiger partial charge in [0, 0.05) is 31.1 Å². The number of hydrogen-bond donors (Lipinski definition) is 2. The average Bonchev–Trinajstić information content (AvgIpc) is 2.46. The van der Waals surface area contributed by atoms with Crippen LogP contribution in [-0.2, 0) is 0 Å². The second kappa shape index (κ2) is 7.26. The first-order chi connectivity index (χ1) is 10.1. The predicted molar refractivity (Wildman–Crippen MR) is 80.7 cm³/mol. The summed E-state index contributed by atoms with van der Waals surface area (Å²) in [6.45, 7) is 0.748. The maximum absolute atomic E-state index is 12.3. The number of aliphatic hydroxyl groups is 2. The highest BCUT2D eigenvalue weighted by Crippen LogP contribution is 2.27. The molecule has 0 aromatic heterocycles. The Balaban J connectivity index is 1.91. The van der Waals surface area contributed by atoms with Gasteiger partial charge < -0.3 is 15.1 Å². The highest BCUT2D eigenvalue weighted by atomic mass is 16.3. The Morgan fingerprint density at radius 1 is 1.33 bits per heavy atom. The van der Waals surface area contributed by atoms with Crippen molar-refractivity contribution >= 4 is 5.91 Å². The van der Waals surface area contributed by atoms with E-state index in [1.165, 1.54) is 0 Å². The van der Waals surface area contributed by atoms with Gasteiger partial charge in [0.25, 0.3) is 5.91 Å². The van der Waals surface area contributed by atoms with E-state index in [-0.39, 0.29) is 18.6 Å². The fraction of sp³-hybridized carbons (Fsp3) is 0.471. The maximum atomic E-state index is 12.3. The minimum atomic E-state index is -0.185. The number of aliphatic hydroxyl groups excluding tert-OH is 2. The van der Waals surface area contributed by atoms with Gasteiger partial charge in [-0.1, -0.05) is 11.8 Å². The van der Waals surface area contributed by atoms with Crippen molar-refractivity contribution in [2.45, 2.75) is 25.4 Å². The summed E-state index contributed by atoms with van der Waals surface area (Å²) in [5.74, 6) is 6.19. The number of benzene rings is 1. The Morgan fingerprint density at radius 3 is 2.57 bits per heavy atom. The van der Waals surface area contributed by atoms with Crippen molar-refractivity contribution in [3.05, 3.63) is 35.4 Å². The topological polar surface area (TPSA) is 60.8 Å². The summed E-state index contributed by atoms with van der Waals surface area (Å²) in [7, 11) is 1.79. The molecule has 2 rings (SSSR count). The normalized spacial score (nSPS) is 20.1. The molecule has 4 nitrogen and oxygen atoms in total. The summed E-state index contributed by atoms with van der Waals surface area (Å²) in [5, 5.41) is 17.9. The Bertz CT molecular complexity index is 535. The van der Waals surface area contributed by atoms with Crippen LogP contribution in [0.2, 0.25) is 0 Å². The van der Waals surface area contributed by atoms with Gasteiger partial charge in [-0.3, -0.25) is 4.79 Å². The molecule has 0 atom stereocenters. The second-order valence-corrected chi connectivity index (χ2v) is 5.53. The minimum absolute atomic E-state index is 0.00810. The lowest BCUT2D eigenvalue weighted by Crippen LogP contribution is -2.39. The smallest absolute Gasteiger partial charge is 0.253 e. The summed E-state index contributed by atoms with van der Waals surface area (Å²) < 4.78 is 0. The molecule has 0 aliphatic heterocycles. The van der Waals surface area contributed by atoms with Crippen molar-refractivity contribution in [2.24, 2.45) is 5.92 Å². The van der Waals surface area contributed by atoms with Crippen LogP contribution < -0.4 is 0 Å². The number of carbonyl (C=O) groups is 1. The summed E-state index contributed by atoms with van der Waals surface area (Å²) in [5.41, 5.74) is 1.48. The van der Waals surface area contributed by atoms with Crippen molar-refractivity contribution in [1.29, 1.82) is 0 Å². The van der Waals surface area contributed by atoms with Gasteiger partial charge >= 0.3 is 0 Å². The van der Waals surface area contributed by atoms with E-state index in [1.807, 2.05) is 12.1 Å². The van der Waals surface area contributed by atoms with Gasteiger partial charge in [-0.05, 0) is 43.0 Å². The van der Waals surface area contributed by atoms with Crippen molar-refractivity contribution < 1.29 is 15.0 Å². The zero-order valence-corrected chi connectivity index (χ0v) is 12.2. The van der Waals surface area contributed by atoms with Crippen LogP contribution in [0, 0.1) is 17.8 Å². The molecule has 0 unspecified atom stereocenters. The molecule has 1 saturated carbocycles. The van der Waals surface area contributed by atoms with Gasteiger partial charge in [0.1, 0.15) is 0 Å². The highest BCUT2D eigenvalue weighted by molar-refractivity contribution is 5.94. The van der Waals surface area contributed by atoms with E-state index in [0.717, 1.165) is 18.4 Å². The van der Waals surface area contributed by atoms with E-state index in [9.17, 15) is 9.90 Å². The Morgan fingerprint density at radius 2 is 2.00 bits per heavy atom. The van der Waals surface area contributed by atoms with Gasteiger partial charge in [0.15, 0.2) is 0 Å². The molecule has 0 heterocycles. The highest BCUT2D eigenvalue weighted by Gasteiger charge is 2.29. The first-order valence-electron chi connectivity index (χ1n) is 7.23. The van der Waals surface area contributed by atoms with Gasteiger partial charge in [-0.2, -0.15) is 0 Å². The third-order valence-corrected chi connectivity index (χ3v) is 3.69. The molecule has 1 aliphatic rings. The molecule has 1 fully saturated rings. The third kappa shape index (κ3) is 4.32. The zero-order valence-electron chi connectivity index (χ0n) is 12.2. The van der Waals surface area contributed by atoms with Crippen molar-refractivity contribution in [3.8, 4) is 11.8 Å². The number of rotatable bonds is 4. The van der Waals surface area contributed by atoms with Gasteiger partial charge in [-0.15, -0.1) is 0 Å². The van der Waals surface area contributed by atoms with Crippen molar-refractivity contribution in [1.82, 2.24) is 4.90 Å². The first-order valence-corrected chi connectivity index (χ1v) is 7.23. The molecule has 112 valence electrons. The number of carbonyl (C=O) groups excluding carboxylic acids is 1. The van der Waals surface area contributed by atoms with E-state index in [0.29, 0.717) is 24.4 Å². The lowest BCUT2D eigenvalue weighted by atomic mass is 9.82. The molecule has 0 radical (unpaired) electrons. The molecule has 4 heteroatoms. The summed E-state index contributed by atoms with van der Waals surface area (Å²) in [6, 6.07) is 7.19. The predicted octanol–water partition coefficient (Wildman–Crippen LogP) is 1.26. The van der Waals surface area contributed by atoms with Crippen molar-refractivity contribution in [2.75, 3.05) is 20.2 Å². The van der Waals surface area contributed by atoms with E-state index >= 15 is 0 Å². The summed E-state index contributed by atoms with van der Waals surface area (Å²) in [4.78, 5) is 14.0. The van der Waals surface area contributed by atoms with Crippen LogP contribution >= 0.6 is 0 Å². The lowest BCUT2D eigenvalue weighted by Gasteiger charge is -2.34. The maximum Gasteiger partial charge on any atom is 0.253 e. The SMILES string of the molecule is CN(CC1CC(O)C1)C(=O)c1ccc(C#CCCO)cc1. The quantitative estimate of drug-likeness (QED) is 0.820. The Kier molecular flexibility index (Phi) is 5.38. The third-order valence-electron chi connectivity index (χ3n) is 3.69. The van der Waals surface area contributed by atoms with E-state index in [1.54, 1.807) is 24.1 Å². The second-order valence-electron chi connectivity index (χ2n) is 5.53. The average molecular weight is 287 g/mol. The molecule has 1 aromatic carbocycles. The fourth-order valence-electron chi connectivity index (χ4n) is 2.46. The fourth-order valence-corrected chi connectivity index (χ4v) is 2.46. The largest absolute Gasteiger partial charge is 0.395 e. The van der Waals surface area contributed by atoms with Crippen LogP contribution in [0.25, 0.3) is 0 Å². The van der Waals surface area contributed by atoms with Gasteiger partial charge in [-0.25, -0.2) is 0 Å². The van der Waals surface area contributed by atoms with Crippen LogP contribution in [0.15, 0.2) is 24.3 Å². The standard InChI is InChI=1S/C17H21NO3/c1-18(12-14-10-16(20)11-14)17(21)15-7-5-13(6-8-15)4-2-3-9-19/h5-8,14,16,19-20H,3,9-12H2,1H3. The number of hydrogen-bond acceptors (Lipinski definition) is 3. The van der Waals surface area contributed by atoms with Crippen LogP contribution in [-0.4, -0.2) is 47.3 Å². The summed E-state index contributed by atoms with van der Waals surface area (Å²) in [6.07, 6.45) is 1.85. The number of nitrogens with zero attached hydrogens (tertiary/aromatic N) is 1. The van der Waals surface area contributed by atoms with Crippen LogP contribution in [0.5, 0.6) is 0 Å². The van der Waals surface area contributed by atoms with E-state index < -0.39 is 0 Å². The van der Waals surface area contributed by atoms with Gasteiger partial charge in [0.2, 0.25) is 0 Å². The van der Waals surface area contributed by atoms with Crippen molar-refractivity contribution in [3.63, 3.8) is 0 Å². The molecule has 1 amide bonds. The van der Waals surface area contributed by atoms with Gasteiger partial charge in [0.05, 0.1) is 12.7 Å². The van der Waals surface area contributed by atoms with Crippen LogP contribution in [0.1, 0.15) is 35.2 Å². The monoisotopic (exact) mass is 287 g/mol. The van der Waals surface area contributed by atoms with E-state index in [2.05, 4.69) is 11.8 Å². The minimum Gasteiger partial charge on any atom is -0.395 e. The number of amides is 1. The Hall–Kier alpha value is -1.83. The molecule has 2 N–H and O–H groups in total. The van der Waals surface area contributed by atoms with E-state index in [4.69, 9.17) is 5.11 Å². The summed E-state index contributed by atoms with van der Waals surface area (Å²) >= 11 is 0. The molecule has 0 bridgehead atoms. The van der Waals surface area contributed by atoms with Crippen LogP contribution in [0.3, 0.4) is 0 Å². The van der Waals surface area contributed by atoms with Crippen LogP contribution in [0.4, 0.5) is 0 Å².